The molecule has 1 saturated heterocycles. The summed E-state index contributed by atoms with van der Waals surface area (Å²) in [7, 11) is 0. The Hall–Kier alpha value is -2.53. The molecule has 0 aliphatic carbocycles. The molecule has 138 valence electrons. The number of Topliss-reactive ketones (excluding diaryl/α,β-unsaturated/α-hetero) is 1. The van der Waals surface area contributed by atoms with Gasteiger partial charge in [0.1, 0.15) is 5.82 Å². The van der Waals surface area contributed by atoms with Crippen LogP contribution in [0.25, 0.3) is 10.1 Å². The van der Waals surface area contributed by atoms with Crippen molar-refractivity contribution in [2.75, 3.05) is 13.1 Å². The monoisotopic (exact) mass is 381 g/mol. The number of carbonyl (C=O) groups is 2. The minimum absolute atomic E-state index is 0.0441. The van der Waals surface area contributed by atoms with Gasteiger partial charge in [-0.2, -0.15) is 0 Å². The minimum Gasteiger partial charge on any atom is -0.338 e. The molecule has 1 aliphatic rings. The van der Waals surface area contributed by atoms with Crippen molar-refractivity contribution in [3.63, 3.8) is 0 Å². The number of thiophene rings is 1. The predicted molar refractivity (Wildman–Crippen MR) is 106 cm³/mol. The molecule has 3 aromatic rings. The van der Waals surface area contributed by atoms with Crippen molar-refractivity contribution in [3.05, 3.63) is 70.4 Å². The summed E-state index contributed by atoms with van der Waals surface area (Å²) in [5, 5.41) is 0.542. The maximum Gasteiger partial charge on any atom is 0.264 e. The van der Waals surface area contributed by atoms with E-state index in [0.717, 1.165) is 10.3 Å². The Labute approximate surface area is 161 Å². The quantitative estimate of drug-likeness (QED) is 0.593. The fourth-order valence-corrected chi connectivity index (χ4v) is 4.97. The lowest BCUT2D eigenvalue weighted by Gasteiger charge is -2.31. The molecule has 27 heavy (non-hydrogen) atoms. The SMILES string of the molecule is Cc1c(C(=O)N2CCC(C(=O)c3ccccc3)CC2)sc2cccc(F)c12. The van der Waals surface area contributed by atoms with Gasteiger partial charge in [0.2, 0.25) is 0 Å². The van der Waals surface area contributed by atoms with Gasteiger partial charge in [-0.1, -0.05) is 36.4 Å². The van der Waals surface area contributed by atoms with E-state index < -0.39 is 0 Å². The van der Waals surface area contributed by atoms with Crippen LogP contribution in [0.5, 0.6) is 0 Å². The second kappa shape index (κ2) is 7.24. The average Bonchev–Trinajstić information content (AvgIpc) is 3.05. The highest BCUT2D eigenvalue weighted by Crippen LogP contribution is 2.34. The number of carbonyl (C=O) groups excluding carboxylic acids is 2. The maximum atomic E-state index is 14.1. The van der Waals surface area contributed by atoms with Crippen LogP contribution >= 0.6 is 11.3 Å². The van der Waals surface area contributed by atoms with Crippen LogP contribution in [0.15, 0.2) is 48.5 Å². The Morgan fingerprint density at radius 2 is 1.74 bits per heavy atom. The third kappa shape index (κ3) is 3.28. The summed E-state index contributed by atoms with van der Waals surface area (Å²) in [6.07, 6.45) is 1.33. The van der Waals surface area contributed by atoms with Gasteiger partial charge in [-0.05, 0) is 37.5 Å². The Morgan fingerprint density at radius 3 is 2.41 bits per heavy atom. The van der Waals surface area contributed by atoms with E-state index >= 15 is 0 Å². The van der Waals surface area contributed by atoms with E-state index in [1.807, 2.05) is 36.4 Å². The zero-order valence-corrected chi connectivity index (χ0v) is 15.9. The first-order valence-corrected chi connectivity index (χ1v) is 9.94. The number of rotatable bonds is 3. The summed E-state index contributed by atoms with van der Waals surface area (Å²) in [5.41, 5.74) is 1.44. The third-order valence-electron chi connectivity index (χ3n) is 5.31. The van der Waals surface area contributed by atoms with E-state index in [-0.39, 0.29) is 23.4 Å². The molecule has 1 amide bonds. The Morgan fingerprint density at radius 1 is 1.04 bits per heavy atom. The third-order valence-corrected chi connectivity index (χ3v) is 6.55. The zero-order chi connectivity index (χ0) is 19.0. The predicted octanol–water partition coefficient (Wildman–Crippen LogP) is 5.08. The smallest absolute Gasteiger partial charge is 0.264 e. The van der Waals surface area contributed by atoms with Gasteiger partial charge < -0.3 is 4.90 Å². The van der Waals surface area contributed by atoms with Gasteiger partial charge in [0.15, 0.2) is 5.78 Å². The molecule has 2 heterocycles. The van der Waals surface area contributed by atoms with E-state index in [0.29, 0.717) is 41.8 Å². The summed E-state index contributed by atoms with van der Waals surface area (Å²) < 4.78 is 14.9. The second-order valence-corrected chi connectivity index (χ2v) is 8.02. The van der Waals surface area contributed by atoms with Gasteiger partial charge >= 0.3 is 0 Å². The molecule has 0 spiro atoms. The Bertz CT molecular complexity index is 1000. The van der Waals surface area contributed by atoms with E-state index in [1.165, 1.54) is 17.4 Å². The highest BCUT2D eigenvalue weighted by molar-refractivity contribution is 7.21. The number of nitrogens with zero attached hydrogens (tertiary/aromatic N) is 1. The van der Waals surface area contributed by atoms with Crippen LogP contribution in [0.1, 0.15) is 38.4 Å². The second-order valence-electron chi connectivity index (χ2n) is 6.97. The summed E-state index contributed by atoms with van der Waals surface area (Å²) in [5.74, 6) is -0.230. The van der Waals surface area contributed by atoms with E-state index in [9.17, 15) is 14.0 Å². The number of halogens is 1. The van der Waals surface area contributed by atoms with Crippen molar-refractivity contribution in [2.45, 2.75) is 19.8 Å². The number of piperidine rings is 1. The van der Waals surface area contributed by atoms with E-state index in [1.54, 1.807) is 17.9 Å². The van der Waals surface area contributed by atoms with Gasteiger partial charge in [-0.15, -0.1) is 11.3 Å². The first-order valence-electron chi connectivity index (χ1n) is 9.12. The lowest BCUT2D eigenvalue weighted by molar-refractivity contribution is 0.0654. The first kappa shape index (κ1) is 17.9. The maximum absolute atomic E-state index is 14.1. The van der Waals surface area contributed by atoms with Crippen molar-refractivity contribution < 1.29 is 14.0 Å². The van der Waals surface area contributed by atoms with Crippen molar-refractivity contribution >= 4 is 33.1 Å². The number of hydrogen-bond acceptors (Lipinski definition) is 3. The first-order chi connectivity index (χ1) is 13.1. The minimum atomic E-state index is -0.285. The van der Waals surface area contributed by atoms with Crippen molar-refractivity contribution in [3.8, 4) is 0 Å². The summed E-state index contributed by atoms with van der Waals surface area (Å²) in [4.78, 5) is 28.0. The van der Waals surface area contributed by atoms with Gasteiger partial charge in [-0.25, -0.2) is 4.39 Å². The molecule has 3 nitrogen and oxygen atoms in total. The highest BCUT2D eigenvalue weighted by Gasteiger charge is 2.30. The van der Waals surface area contributed by atoms with Crippen molar-refractivity contribution in [1.82, 2.24) is 4.90 Å². The largest absolute Gasteiger partial charge is 0.338 e. The summed E-state index contributed by atoms with van der Waals surface area (Å²) in [6, 6.07) is 14.3. The van der Waals surface area contributed by atoms with Crippen LogP contribution in [-0.4, -0.2) is 29.7 Å². The normalized spacial score (nSPS) is 15.3. The lowest BCUT2D eigenvalue weighted by Crippen LogP contribution is -2.40. The number of aryl methyl sites for hydroxylation is 1. The molecule has 1 fully saturated rings. The molecule has 0 atom stereocenters. The number of hydrogen-bond donors (Lipinski definition) is 0. The summed E-state index contributed by atoms with van der Waals surface area (Å²) >= 11 is 1.35. The van der Waals surface area contributed by atoms with Gasteiger partial charge in [-0.3, -0.25) is 9.59 Å². The van der Waals surface area contributed by atoms with Gasteiger partial charge in [0, 0.05) is 34.7 Å². The van der Waals surface area contributed by atoms with E-state index in [4.69, 9.17) is 0 Å². The standard InChI is InChI=1S/C22H20FNO2S/c1-14-19-17(23)8-5-9-18(19)27-21(14)22(26)24-12-10-16(11-13-24)20(25)15-6-3-2-4-7-15/h2-9,16H,10-13H2,1H3. The van der Waals surface area contributed by atoms with Gasteiger partial charge in [0.25, 0.3) is 5.91 Å². The molecule has 5 heteroatoms. The van der Waals surface area contributed by atoms with Gasteiger partial charge in [0.05, 0.1) is 4.88 Å². The lowest BCUT2D eigenvalue weighted by atomic mass is 9.89. The highest BCUT2D eigenvalue weighted by atomic mass is 32.1. The van der Waals surface area contributed by atoms with Crippen molar-refractivity contribution in [1.29, 1.82) is 0 Å². The van der Waals surface area contributed by atoms with E-state index in [2.05, 4.69) is 0 Å². The number of likely N-dealkylation sites (tertiary alicyclic amines) is 1. The molecule has 2 aromatic carbocycles. The Balaban J connectivity index is 1.49. The number of ketones is 1. The molecule has 0 unspecified atom stereocenters. The molecule has 4 rings (SSSR count). The molecule has 1 aliphatic heterocycles. The summed E-state index contributed by atoms with van der Waals surface area (Å²) in [6.45, 7) is 2.91. The van der Waals surface area contributed by atoms with Crippen LogP contribution in [0.3, 0.4) is 0 Å². The molecule has 0 N–H and O–H groups in total. The molecule has 0 saturated carbocycles. The van der Waals surface area contributed by atoms with Crippen molar-refractivity contribution in [2.24, 2.45) is 5.92 Å². The fraction of sp³-hybridized carbons (Fsp3) is 0.273. The molecular formula is C22H20FNO2S. The fourth-order valence-electron chi connectivity index (χ4n) is 3.78. The molecule has 0 bridgehead atoms. The topological polar surface area (TPSA) is 37.4 Å². The van der Waals surface area contributed by atoms with Crippen LogP contribution < -0.4 is 0 Å². The Kier molecular flexibility index (Phi) is 4.79. The van der Waals surface area contributed by atoms with Crippen LogP contribution in [-0.2, 0) is 0 Å². The van der Waals surface area contributed by atoms with Crippen LogP contribution in [0.4, 0.5) is 4.39 Å². The molecule has 1 aromatic heterocycles. The molecule has 0 radical (unpaired) electrons. The molecular weight excluding hydrogens is 361 g/mol. The van der Waals surface area contributed by atoms with Crippen LogP contribution in [0, 0.1) is 18.7 Å². The number of fused-ring (bicyclic) bond motifs is 1. The zero-order valence-electron chi connectivity index (χ0n) is 15.1. The number of benzene rings is 2. The van der Waals surface area contributed by atoms with Crippen LogP contribution in [0.2, 0.25) is 0 Å². The average molecular weight is 381 g/mol. The number of amides is 1.